The third kappa shape index (κ3) is 3.37. The Morgan fingerprint density at radius 2 is 1.04 bits per heavy atom. The summed E-state index contributed by atoms with van der Waals surface area (Å²) in [5, 5.41) is 21.8. The summed E-state index contributed by atoms with van der Waals surface area (Å²) in [5.74, 6) is 0. The van der Waals surface area contributed by atoms with E-state index in [0.717, 1.165) is 50.1 Å². The molecule has 0 bridgehead atoms. The van der Waals surface area contributed by atoms with Gasteiger partial charge in [0.25, 0.3) is 11.4 Å². The van der Waals surface area contributed by atoms with Gasteiger partial charge in [0.2, 0.25) is 0 Å². The number of nitro benzene ring substituents is 2. The molecule has 2 aromatic rings. The van der Waals surface area contributed by atoms with Gasteiger partial charge in [0.15, 0.2) is 0 Å². The van der Waals surface area contributed by atoms with Crippen LogP contribution >= 0.6 is 0 Å². The van der Waals surface area contributed by atoms with Crippen LogP contribution in [-0.4, -0.2) is 35.0 Å². The van der Waals surface area contributed by atoms with E-state index in [9.17, 15) is 20.2 Å². The van der Waals surface area contributed by atoms with Crippen molar-refractivity contribution in [1.82, 2.24) is 0 Å². The molecule has 8 heteroatoms. The van der Waals surface area contributed by atoms with Crippen molar-refractivity contribution in [2.24, 2.45) is 0 Å². The Morgan fingerprint density at radius 3 is 1.36 bits per heavy atom. The fourth-order valence-corrected chi connectivity index (χ4v) is 4.56. The van der Waals surface area contributed by atoms with Gasteiger partial charge < -0.3 is 9.80 Å². The molecule has 2 atom stereocenters. The predicted octanol–water partition coefficient (Wildman–Crippen LogP) is 4.14. The third-order valence-corrected chi connectivity index (χ3v) is 5.83. The van der Waals surface area contributed by atoms with Crippen molar-refractivity contribution in [2.75, 3.05) is 22.9 Å². The second-order valence-electron chi connectivity index (χ2n) is 7.35. The number of anilines is 2. The van der Waals surface area contributed by atoms with Gasteiger partial charge in [-0.25, -0.2) is 0 Å². The maximum Gasteiger partial charge on any atom is 0.269 e. The molecule has 4 rings (SSSR count). The molecule has 8 nitrogen and oxygen atoms in total. The van der Waals surface area contributed by atoms with E-state index < -0.39 is 0 Å². The molecular formula is C20H22N4O4. The lowest BCUT2D eigenvalue weighted by Crippen LogP contribution is -2.46. The molecule has 0 aliphatic carbocycles. The van der Waals surface area contributed by atoms with Crippen LogP contribution < -0.4 is 9.80 Å². The number of rotatable bonds is 5. The van der Waals surface area contributed by atoms with Crippen LogP contribution in [0, 0.1) is 20.2 Å². The van der Waals surface area contributed by atoms with Gasteiger partial charge in [-0.15, -0.1) is 0 Å². The summed E-state index contributed by atoms with van der Waals surface area (Å²) in [6.45, 7) is 1.88. The summed E-state index contributed by atoms with van der Waals surface area (Å²) >= 11 is 0. The van der Waals surface area contributed by atoms with Crippen LogP contribution in [0.15, 0.2) is 48.5 Å². The summed E-state index contributed by atoms with van der Waals surface area (Å²) < 4.78 is 0. The van der Waals surface area contributed by atoms with Crippen LogP contribution in [0.5, 0.6) is 0 Å². The van der Waals surface area contributed by atoms with Crippen molar-refractivity contribution in [3.8, 4) is 0 Å². The molecule has 2 aromatic carbocycles. The molecule has 2 aliphatic rings. The molecule has 0 radical (unpaired) electrons. The first kappa shape index (κ1) is 18.2. The van der Waals surface area contributed by atoms with Crippen LogP contribution in [0.1, 0.15) is 25.7 Å². The van der Waals surface area contributed by atoms with Gasteiger partial charge in [-0.05, 0) is 49.9 Å². The van der Waals surface area contributed by atoms with E-state index in [2.05, 4.69) is 9.80 Å². The Kier molecular flexibility index (Phi) is 4.85. The Morgan fingerprint density at radius 1 is 0.679 bits per heavy atom. The fourth-order valence-electron chi connectivity index (χ4n) is 4.56. The van der Waals surface area contributed by atoms with Gasteiger partial charge in [-0.1, -0.05) is 0 Å². The highest BCUT2D eigenvalue weighted by Crippen LogP contribution is 2.36. The molecular weight excluding hydrogens is 360 g/mol. The van der Waals surface area contributed by atoms with Crippen molar-refractivity contribution in [2.45, 2.75) is 37.8 Å². The van der Waals surface area contributed by atoms with Crippen LogP contribution in [-0.2, 0) is 0 Å². The third-order valence-electron chi connectivity index (χ3n) is 5.83. The zero-order valence-corrected chi connectivity index (χ0v) is 15.4. The highest BCUT2D eigenvalue weighted by molar-refractivity contribution is 5.56. The molecule has 2 aliphatic heterocycles. The second-order valence-corrected chi connectivity index (χ2v) is 7.35. The fraction of sp³-hybridized carbons (Fsp3) is 0.400. The standard InChI is InChI=1S/C20H22N4O4/c25-23(26)17-9-5-15(6-10-17)21-13-1-3-19(21)20-4-2-14-22(20)16-7-11-18(12-8-16)24(27)28/h5-12,19-20H,1-4,13-14H2. The minimum absolute atomic E-state index is 0.105. The summed E-state index contributed by atoms with van der Waals surface area (Å²) in [6, 6.07) is 14.3. The molecule has 0 N–H and O–H groups in total. The maximum absolute atomic E-state index is 10.9. The molecule has 0 aromatic heterocycles. The number of nitrogens with zero attached hydrogens (tertiary/aromatic N) is 4. The highest BCUT2D eigenvalue weighted by Gasteiger charge is 2.38. The molecule has 0 amide bonds. The average molecular weight is 382 g/mol. The smallest absolute Gasteiger partial charge is 0.269 e. The summed E-state index contributed by atoms with van der Waals surface area (Å²) in [4.78, 5) is 25.8. The number of benzene rings is 2. The van der Waals surface area contributed by atoms with E-state index in [1.54, 1.807) is 24.3 Å². The largest absolute Gasteiger partial charge is 0.366 e. The van der Waals surface area contributed by atoms with Crippen LogP contribution in [0.4, 0.5) is 22.7 Å². The highest BCUT2D eigenvalue weighted by atomic mass is 16.6. The zero-order chi connectivity index (χ0) is 19.7. The van der Waals surface area contributed by atoms with E-state index in [1.807, 2.05) is 24.3 Å². The summed E-state index contributed by atoms with van der Waals surface area (Å²) in [5.41, 5.74) is 2.24. The number of nitro groups is 2. The van der Waals surface area contributed by atoms with E-state index in [4.69, 9.17) is 0 Å². The van der Waals surface area contributed by atoms with Crippen molar-refractivity contribution >= 4 is 22.7 Å². The average Bonchev–Trinajstić information content (AvgIpc) is 3.37. The molecule has 2 fully saturated rings. The minimum atomic E-state index is -0.376. The van der Waals surface area contributed by atoms with Gasteiger partial charge >= 0.3 is 0 Å². The normalized spacial score (nSPS) is 21.9. The topological polar surface area (TPSA) is 92.8 Å². The van der Waals surface area contributed by atoms with Gasteiger partial charge in [0.1, 0.15) is 0 Å². The van der Waals surface area contributed by atoms with E-state index >= 15 is 0 Å². The number of non-ortho nitro benzene ring substituents is 2. The van der Waals surface area contributed by atoms with Gasteiger partial charge in [0, 0.05) is 60.8 Å². The summed E-state index contributed by atoms with van der Waals surface area (Å²) in [6.07, 6.45) is 4.33. The predicted molar refractivity (Wildman–Crippen MR) is 107 cm³/mol. The maximum atomic E-state index is 10.9. The lowest BCUT2D eigenvalue weighted by atomic mass is 10.0. The Hall–Kier alpha value is -3.16. The number of hydrogen-bond donors (Lipinski definition) is 0. The van der Waals surface area contributed by atoms with E-state index in [1.165, 1.54) is 0 Å². The summed E-state index contributed by atoms with van der Waals surface area (Å²) in [7, 11) is 0. The van der Waals surface area contributed by atoms with E-state index in [-0.39, 0.29) is 21.2 Å². The van der Waals surface area contributed by atoms with E-state index in [0.29, 0.717) is 12.1 Å². The Bertz CT molecular complexity index is 795. The Labute approximate surface area is 162 Å². The zero-order valence-electron chi connectivity index (χ0n) is 15.4. The molecule has 28 heavy (non-hydrogen) atoms. The van der Waals surface area contributed by atoms with Gasteiger partial charge in [-0.3, -0.25) is 20.2 Å². The molecule has 146 valence electrons. The van der Waals surface area contributed by atoms with Crippen molar-refractivity contribution in [1.29, 1.82) is 0 Å². The van der Waals surface area contributed by atoms with Crippen molar-refractivity contribution in [3.05, 3.63) is 68.8 Å². The molecule has 2 unspecified atom stereocenters. The van der Waals surface area contributed by atoms with Gasteiger partial charge in [0.05, 0.1) is 9.85 Å². The first-order valence-electron chi connectivity index (χ1n) is 9.57. The first-order valence-corrected chi connectivity index (χ1v) is 9.57. The van der Waals surface area contributed by atoms with Crippen LogP contribution in [0.25, 0.3) is 0 Å². The Balaban J connectivity index is 1.55. The van der Waals surface area contributed by atoms with Crippen molar-refractivity contribution in [3.63, 3.8) is 0 Å². The van der Waals surface area contributed by atoms with Crippen LogP contribution in [0.2, 0.25) is 0 Å². The molecule has 2 saturated heterocycles. The monoisotopic (exact) mass is 382 g/mol. The molecule has 0 saturated carbocycles. The first-order chi connectivity index (χ1) is 13.5. The van der Waals surface area contributed by atoms with Crippen molar-refractivity contribution < 1.29 is 9.85 Å². The molecule has 0 spiro atoms. The SMILES string of the molecule is O=[N+]([O-])c1ccc(N2CCCC2C2CCCN2c2ccc([N+](=O)[O-])cc2)cc1. The van der Waals surface area contributed by atoms with Crippen LogP contribution in [0.3, 0.4) is 0 Å². The second kappa shape index (κ2) is 7.46. The minimum Gasteiger partial charge on any atom is -0.366 e. The quantitative estimate of drug-likeness (QED) is 0.570. The number of hydrogen-bond acceptors (Lipinski definition) is 6. The lowest BCUT2D eigenvalue weighted by molar-refractivity contribution is -0.385. The lowest BCUT2D eigenvalue weighted by Gasteiger charge is -2.37. The molecule has 2 heterocycles. The van der Waals surface area contributed by atoms with Gasteiger partial charge in [-0.2, -0.15) is 0 Å².